The Hall–Kier alpha value is -2.64. The predicted molar refractivity (Wildman–Crippen MR) is 101 cm³/mol. The van der Waals surface area contributed by atoms with Gasteiger partial charge in [-0.3, -0.25) is 10.1 Å². The number of hydrogen-bond donors (Lipinski definition) is 1. The molecule has 8 nitrogen and oxygen atoms in total. The summed E-state index contributed by atoms with van der Waals surface area (Å²) in [6.45, 7) is 7.71. The van der Waals surface area contributed by atoms with E-state index in [0.717, 1.165) is 0 Å². The molecule has 8 heteroatoms. The molecule has 1 amide bonds. The molecule has 0 unspecified atom stereocenters. The fourth-order valence-corrected chi connectivity index (χ4v) is 2.16. The van der Waals surface area contributed by atoms with Crippen molar-refractivity contribution >= 4 is 17.7 Å². The first-order chi connectivity index (χ1) is 12.7. The molecular weight excluding hydrogens is 354 g/mol. The van der Waals surface area contributed by atoms with E-state index in [1.807, 2.05) is 0 Å². The van der Waals surface area contributed by atoms with Crippen LogP contribution in [0, 0.1) is 0 Å². The van der Waals surface area contributed by atoms with E-state index < -0.39 is 11.7 Å². The van der Waals surface area contributed by atoms with Crippen LogP contribution in [0.5, 0.6) is 17.2 Å². The van der Waals surface area contributed by atoms with E-state index >= 15 is 0 Å². The molecule has 0 radical (unpaired) electrons. The van der Waals surface area contributed by atoms with Crippen LogP contribution in [-0.4, -0.2) is 45.1 Å². The molecule has 0 aromatic heterocycles. The molecule has 1 aromatic carbocycles. The standard InChI is InChI=1S/C19H29NO7/c1-7-25-16(21)9-8-10-26-15-12-13(11-14(23-5)17(15)24-6)20-18(22)27-19(2,3)4/h11-12H,7-10H2,1-6H3,(H,20,22). The molecule has 0 atom stereocenters. The Morgan fingerprint density at radius 2 is 1.74 bits per heavy atom. The molecule has 1 aromatic rings. The Morgan fingerprint density at radius 3 is 2.30 bits per heavy atom. The van der Waals surface area contributed by atoms with Gasteiger partial charge in [0.25, 0.3) is 0 Å². The highest BCUT2D eigenvalue weighted by atomic mass is 16.6. The molecule has 0 bridgehead atoms. The first-order valence-electron chi connectivity index (χ1n) is 8.74. The number of rotatable bonds is 9. The fraction of sp³-hybridized carbons (Fsp3) is 0.579. The van der Waals surface area contributed by atoms with Gasteiger partial charge in [-0.15, -0.1) is 0 Å². The third kappa shape index (κ3) is 8.06. The first kappa shape index (κ1) is 22.4. The lowest BCUT2D eigenvalue weighted by molar-refractivity contribution is -0.143. The summed E-state index contributed by atoms with van der Waals surface area (Å²) in [7, 11) is 2.98. The summed E-state index contributed by atoms with van der Waals surface area (Å²) in [4.78, 5) is 23.4. The number of amides is 1. The van der Waals surface area contributed by atoms with Crippen LogP contribution in [0.4, 0.5) is 10.5 Å². The lowest BCUT2D eigenvalue weighted by Gasteiger charge is -2.20. The van der Waals surface area contributed by atoms with Gasteiger partial charge in [0.15, 0.2) is 11.5 Å². The Balaban J connectivity index is 2.85. The zero-order chi connectivity index (χ0) is 20.4. The van der Waals surface area contributed by atoms with Gasteiger partial charge < -0.3 is 23.7 Å². The third-order valence-electron chi connectivity index (χ3n) is 3.18. The summed E-state index contributed by atoms with van der Waals surface area (Å²) in [6.07, 6.45) is 0.139. The maximum absolute atomic E-state index is 12.0. The summed E-state index contributed by atoms with van der Waals surface area (Å²) in [5.41, 5.74) is -0.185. The molecule has 152 valence electrons. The Labute approximate surface area is 160 Å². The molecule has 0 aliphatic rings. The van der Waals surface area contributed by atoms with Crippen molar-refractivity contribution in [2.45, 2.75) is 46.1 Å². The second-order valence-electron chi connectivity index (χ2n) is 6.59. The van der Waals surface area contributed by atoms with Crippen molar-refractivity contribution in [2.24, 2.45) is 0 Å². The number of hydrogen-bond acceptors (Lipinski definition) is 7. The molecule has 1 N–H and O–H groups in total. The topological polar surface area (TPSA) is 92.3 Å². The summed E-state index contributed by atoms with van der Waals surface area (Å²) in [5.74, 6) is 0.896. The summed E-state index contributed by atoms with van der Waals surface area (Å²) in [6, 6.07) is 3.21. The van der Waals surface area contributed by atoms with Crippen molar-refractivity contribution in [3.8, 4) is 17.2 Å². The molecule has 1 rings (SSSR count). The van der Waals surface area contributed by atoms with Gasteiger partial charge in [0.2, 0.25) is 5.75 Å². The highest BCUT2D eigenvalue weighted by molar-refractivity contribution is 5.86. The fourth-order valence-electron chi connectivity index (χ4n) is 2.16. The van der Waals surface area contributed by atoms with Crippen LogP contribution in [-0.2, 0) is 14.3 Å². The summed E-state index contributed by atoms with van der Waals surface area (Å²) < 4.78 is 26.5. The monoisotopic (exact) mass is 383 g/mol. The van der Waals surface area contributed by atoms with Gasteiger partial charge >= 0.3 is 12.1 Å². The SMILES string of the molecule is CCOC(=O)CCCOc1cc(NC(=O)OC(C)(C)C)cc(OC)c1OC. The summed E-state index contributed by atoms with van der Waals surface area (Å²) in [5, 5.41) is 2.64. The molecular formula is C19H29NO7. The second-order valence-corrected chi connectivity index (χ2v) is 6.59. The average molecular weight is 383 g/mol. The predicted octanol–water partition coefficient (Wildman–Crippen LogP) is 3.77. The highest BCUT2D eigenvalue weighted by Crippen LogP contribution is 2.40. The van der Waals surface area contributed by atoms with Crippen molar-refractivity contribution in [3.63, 3.8) is 0 Å². The minimum Gasteiger partial charge on any atom is -0.493 e. The number of nitrogens with one attached hydrogen (secondary N) is 1. The molecule has 0 fully saturated rings. The number of carbonyl (C=O) groups excluding carboxylic acids is 2. The van der Waals surface area contributed by atoms with E-state index in [9.17, 15) is 9.59 Å². The van der Waals surface area contributed by atoms with E-state index in [1.54, 1.807) is 39.8 Å². The van der Waals surface area contributed by atoms with Gasteiger partial charge in [-0.2, -0.15) is 0 Å². The van der Waals surface area contributed by atoms with Crippen molar-refractivity contribution in [3.05, 3.63) is 12.1 Å². The average Bonchev–Trinajstić information content (AvgIpc) is 2.56. The van der Waals surface area contributed by atoms with E-state index in [1.165, 1.54) is 14.2 Å². The van der Waals surface area contributed by atoms with Gasteiger partial charge in [0, 0.05) is 18.6 Å². The molecule has 0 saturated carbocycles. The quantitative estimate of drug-likeness (QED) is 0.512. The largest absolute Gasteiger partial charge is 0.493 e. The Bertz CT molecular complexity index is 638. The number of benzene rings is 1. The molecule has 0 aliphatic heterocycles. The number of methoxy groups -OCH3 is 2. The number of esters is 1. The zero-order valence-corrected chi connectivity index (χ0v) is 16.8. The van der Waals surface area contributed by atoms with E-state index in [4.69, 9.17) is 23.7 Å². The molecule has 0 heterocycles. The van der Waals surface area contributed by atoms with Crippen LogP contribution < -0.4 is 19.5 Å². The van der Waals surface area contributed by atoms with E-state index in [-0.39, 0.29) is 19.0 Å². The van der Waals surface area contributed by atoms with Gasteiger partial charge in [-0.1, -0.05) is 0 Å². The summed E-state index contributed by atoms with van der Waals surface area (Å²) >= 11 is 0. The number of anilines is 1. The Kier molecular flexibility index (Phi) is 8.71. The van der Waals surface area contributed by atoms with Crippen molar-refractivity contribution in [1.82, 2.24) is 0 Å². The van der Waals surface area contributed by atoms with Crippen molar-refractivity contribution < 1.29 is 33.3 Å². The minimum atomic E-state index is -0.618. The van der Waals surface area contributed by atoms with Gasteiger partial charge in [0.1, 0.15) is 5.60 Å². The van der Waals surface area contributed by atoms with Crippen LogP contribution in [0.1, 0.15) is 40.5 Å². The van der Waals surface area contributed by atoms with Crippen LogP contribution in [0.3, 0.4) is 0 Å². The molecule has 27 heavy (non-hydrogen) atoms. The third-order valence-corrected chi connectivity index (χ3v) is 3.18. The second kappa shape index (κ2) is 10.5. The van der Waals surface area contributed by atoms with Crippen LogP contribution >= 0.6 is 0 Å². The van der Waals surface area contributed by atoms with E-state index in [0.29, 0.717) is 36.0 Å². The van der Waals surface area contributed by atoms with Crippen LogP contribution in [0.25, 0.3) is 0 Å². The zero-order valence-electron chi connectivity index (χ0n) is 16.8. The molecule has 0 aliphatic carbocycles. The number of carbonyl (C=O) groups is 2. The maximum Gasteiger partial charge on any atom is 0.412 e. The normalized spacial score (nSPS) is 10.7. The highest BCUT2D eigenvalue weighted by Gasteiger charge is 2.19. The smallest absolute Gasteiger partial charge is 0.412 e. The maximum atomic E-state index is 12.0. The van der Waals surface area contributed by atoms with Crippen molar-refractivity contribution in [2.75, 3.05) is 32.8 Å². The van der Waals surface area contributed by atoms with Gasteiger partial charge in [-0.05, 0) is 34.1 Å². The first-order valence-corrected chi connectivity index (χ1v) is 8.74. The van der Waals surface area contributed by atoms with Crippen molar-refractivity contribution in [1.29, 1.82) is 0 Å². The molecule has 0 spiro atoms. The van der Waals surface area contributed by atoms with Gasteiger partial charge in [-0.25, -0.2) is 4.79 Å². The minimum absolute atomic E-state index is 0.253. The number of ether oxygens (including phenoxy) is 5. The lowest BCUT2D eigenvalue weighted by atomic mass is 10.2. The van der Waals surface area contributed by atoms with E-state index in [2.05, 4.69) is 5.32 Å². The van der Waals surface area contributed by atoms with Gasteiger partial charge in [0.05, 0.1) is 33.1 Å². The molecule has 0 saturated heterocycles. The lowest BCUT2D eigenvalue weighted by Crippen LogP contribution is -2.27. The van der Waals surface area contributed by atoms with Crippen LogP contribution in [0.2, 0.25) is 0 Å². The Morgan fingerprint density at radius 1 is 1.07 bits per heavy atom. The van der Waals surface area contributed by atoms with Crippen LogP contribution in [0.15, 0.2) is 12.1 Å².